The van der Waals surface area contributed by atoms with Gasteiger partial charge < -0.3 is 10.2 Å². The molecule has 1 aromatic heterocycles. The van der Waals surface area contributed by atoms with E-state index in [9.17, 15) is 4.39 Å². The van der Waals surface area contributed by atoms with Crippen molar-refractivity contribution in [1.82, 2.24) is 9.97 Å². The van der Waals surface area contributed by atoms with Crippen molar-refractivity contribution in [3.63, 3.8) is 0 Å². The van der Waals surface area contributed by atoms with Crippen molar-refractivity contribution in [3.05, 3.63) is 41.8 Å². The number of hydrogen-bond acceptors (Lipinski definition) is 4. The van der Waals surface area contributed by atoms with Crippen molar-refractivity contribution in [1.29, 1.82) is 0 Å². The van der Waals surface area contributed by atoms with Crippen LogP contribution in [0.5, 0.6) is 0 Å². The van der Waals surface area contributed by atoms with Gasteiger partial charge in [0.25, 0.3) is 0 Å². The number of benzene rings is 1. The van der Waals surface area contributed by atoms with Crippen molar-refractivity contribution in [3.8, 4) is 0 Å². The van der Waals surface area contributed by atoms with E-state index in [4.69, 9.17) is 0 Å². The molecule has 1 atom stereocenters. The molecule has 0 bridgehead atoms. The van der Waals surface area contributed by atoms with E-state index in [0.29, 0.717) is 11.8 Å². The normalized spacial score (nSPS) is 16.9. The van der Waals surface area contributed by atoms with Gasteiger partial charge in [0, 0.05) is 18.3 Å². The van der Waals surface area contributed by atoms with Gasteiger partial charge in [0.2, 0.25) is 5.95 Å². The van der Waals surface area contributed by atoms with E-state index in [0.717, 1.165) is 25.1 Å². The van der Waals surface area contributed by atoms with Crippen LogP contribution in [0.1, 0.15) is 25.8 Å². The topological polar surface area (TPSA) is 41.1 Å². The van der Waals surface area contributed by atoms with E-state index in [2.05, 4.69) is 35.2 Å². The Kier molecular flexibility index (Phi) is 3.73. The fourth-order valence-electron chi connectivity index (χ4n) is 2.74. The van der Waals surface area contributed by atoms with Gasteiger partial charge in [-0.2, -0.15) is 4.98 Å². The molecule has 1 aromatic carbocycles. The number of para-hydroxylation sites is 1. The monoisotopic (exact) mass is 286 g/mol. The first-order valence-electron chi connectivity index (χ1n) is 7.34. The fraction of sp³-hybridized carbons (Fsp3) is 0.375. The third-order valence-electron chi connectivity index (χ3n) is 3.69. The predicted octanol–water partition coefficient (Wildman–Crippen LogP) is 3.52. The fourth-order valence-corrected chi connectivity index (χ4v) is 2.74. The zero-order valence-corrected chi connectivity index (χ0v) is 12.3. The average Bonchev–Trinajstić information content (AvgIpc) is 2.82. The molecule has 4 nitrogen and oxygen atoms in total. The number of rotatable bonds is 4. The van der Waals surface area contributed by atoms with Crippen LogP contribution in [0.3, 0.4) is 0 Å². The van der Waals surface area contributed by atoms with E-state index < -0.39 is 0 Å². The molecule has 110 valence electrons. The molecule has 21 heavy (non-hydrogen) atoms. The van der Waals surface area contributed by atoms with Gasteiger partial charge in [-0.3, -0.25) is 0 Å². The summed E-state index contributed by atoms with van der Waals surface area (Å²) in [5.74, 6) is 0.437. The molecule has 0 saturated heterocycles. The van der Waals surface area contributed by atoms with Crippen LogP contribution >= 0.6 is 0 Å². The Bertz CT molecular complexity index is 644. The highest BCUT2D eigenvalue weighted by Crippen LogP contribution is 2.38. The lowest BCUT2D eigenvalue weighted by Crippen LogP contribution is -2.26. The van der Waals surface area contributed by atoms with E-state index in [1.54, 1.807) is 0 Å². The molecule has 2 aromatic rings. The minimum Gasteiger partial charge on any atom is -0.354 e. The largest absolute Gasteiger partial charge is 0.354 e. The van der Waals surface area contributed by atoms with Crippen molar-refractivity contribution in [2.24, 2.45) is 0 Å². The Hall–Kier alpha value is -2.17. The molecular weight excluding hydrogens is 267 g/mol. The minimum absolute atomic E-state index is 0.186. The summed E-state index contributed by atoms with van der Waals surface area (Å²) in [5.41, 5.74) is 2.26. The zero-order valence-electron chi connectivity index (χ0n) is 12.3. The standard InChI is InChI=1S/C16H19FN4/c1-3-8-18-16-19-10-13(17)15(20-16)21-11(2)9-12-6-4-5-7-14(12)21/h4-7,10-11H,3,8-9H2,1-2H3,(H,18,19,20). The molecule has 0 spiro atoms. The second-order valence-electron chi connectivity index (χ2n) is 5.34. The predicted molar refractivity (Wildman–Crippen MR) is 82.5 cm³/mol. The third kappa shape index (κ3) is 2.55. The van der Waals surface area contributed by atoms with Gasteiger partial charge >= 0.3 is 0 Å². The number of nitrogens with zero attached hydrogens (tertiary/aromatic N) is 3. The second kappa shape index (κ2) is 5.68. The zero-order chi connectivity index (χ0) is 14.8. The summed E-state index contributed by atoms with van der Waals surface area (Å²) in [6.45, 7) is 4.92. The summed E-state index contributed by atoms with van der Waals surface area (Å²) in [7, 11) is 0. The molecule has 1 aliphatic rings. The molecule has 0 saturated carbocycles. The second-order valence-corrected chi connectivity index (χ2v) is 5.34. The molecular formula is C16H19FN4. The summed E-state index contributed by atoms with van der Waals surface area (Å²) >= 11 is 0. The van der Waals surface area contributed by atoms with Gasteiger partial charge in [-0.05, 0) is 31.4 Å². The molecule has 2 heterocycles. The molecule has 0 amide bonds. The van der Waals surface area contributed by atoms with E-state index in [1.165, 1.54) is 11.8 Å². The minimum atomic E-state index is -0.388. The highest BCUT2D eigenvalue weighted by Gasteiger charge is 2.30. The maximum absolute atomic E-state index is 14.2. The van der Waals surface area contributed by atoms with E-state index in [-0.39, 0.29) is 11.9 Å². The number of fused-ring (bicyclic) bond motifs is 1. The van der Waals surface area contributed by atoms with Crippen LogP contribution < -0.4 is 10.2 Å². The lowest BCUT2D eigenvalue weighted by molar-refractivity contribution is 0.603. The van der Waals surface area contributed by atoms with Gasteiger partial charge in [-0.25, -0.2) is 9.37 Å². The first-order valence-corrected chi connectivity index (χ1v) is 7.34. The molecule has 1 aliphatic heterocycles. The molecule has 1 N–H and O–H groups in total. The van der Waals surface area contributed by atoms with Crippen LogP contribution in [-0.4, -0.2) is 22.6 Å². The van der Waals surface area contributed by atoms with Crippen LogP contribution in [0, 0.1) is 5.82 Å². The maximum Gasteiger partial charge on any atom is 0.224 e. The molecule has 3 rings (SSSR count). The van der Waals surface area contributed by atoms with Crippen LogP contribution in [0.4, 0.5) is 21.8 Å². The SMILES string of the molecule is CCCNc1ncc(F)c(N2c3ccccc3CC2C)n1. The van der Waals surface area contributed by atoms with Gasteiger partial charge in [-0.1, -0.05) is 25.1 Å². The van der Waals surface area contributed by atoms with Crippen molar-refractivity contribution >= 4 is 17.5 Å². The summed E-state index contributed by atoms with van der Waals surface area (Å²) in [5, 5.41) is 3.11. The Morgan fingerprint density at radius 2 is 2.19 bits per heavy atom. The Balaban J connectivity index is 1.99. The van der Waals surface area contributed by atoms with Crippen LogP contribution in [0.2, 0.25) is 0 Å². The Labute approximate surface area is 124 Å². The average molecular weight is 286 g/mol. The number of halogens is 1. The first kappa shape index (κ1) is 13.8. The maximum atomic E-state index is 14.2. The third-order valence-corrected chi connectivity index (χ3v) is 3.69. The molecule has 1 unspecified atom stereocenters. The van der Waals surface area contributed by atoms with E-state index in [1.807, 2.05) is 23.1 Å². The van der Waals surface area contributed by atoms with Crippen LogP contribution in [-0.2, 0) is 6.42 Å². The molecule has 0 radical (unpaired) electrons. The highest BCUT2D eigenvalue weighted by atomic mass is 19.1. The van der Waals surface area contributed by atoms with Crippen molar-refractivity contribution in [2.45, 2.75) is 32.7 Å². The number of anilines is 3. The molecule has 0 fully saturated rings. The van der Waals surface area contributed by atoms with Gasteiger partial charge in [0.05, 0.1) is 6.20 Å². The lowest BCUT2D eigenvalue weighted by Gasteiger charge is -2.24. The highest BCUT2D eigenvalue weighted by molar-refractivity contribution is 5.69. The van der Waals surface area contributed by atoms with Crippen molar-refractivity contribution < 1.29 is 4.39 Å². The van der Waals surface area contributed by atoms with Crippen LogP contribution in [0.15, 0.2) is 30.5 Å². The number of aromatic nitrogens is 2. The Morgan fingerprint density at radius 1 is 1.38 bits per heavy atom. The molecule has 0 aliphatic carbocycles. The van der Waals surface area contributed by atoms with Gasteiger partial charge in [0.1, 0.15) is 0 Å². The summed E-state index contributed by atoms with van der Waals surface area (Å²) < 4.78 is 14.2. The number of hydrogen-bond donors (Lipinski definition) is 1. The van der Waals surface area contributed by atoms with Gasteiger partial charge in [-0.15, -0.1) is 0 Å². The molecule has 5 heteroatoms. The van der Waals surface area contributed by atoms with Gasteiger partial charge in [0.15, 0.2) is 11.6 Å². The quantitative estimate of drug-likeness (QED) is 0.933. The van der Waals surface area contributed by atoms with E-state index >= 15 is 0 Å². The number of nitrogens with one attached hydrogen (secondary N) is 1. The van der Waals surface area contributed by atoms with Crippen molar-refractivity contribution in [2.75, 3.05) is 16.8 Å². The lowest BCUT2D eigenvalue weighted by atomic mass is 10.1. The summed E-state index contributed by atoms with van der Waals surface area (Å²) in [6.07, 6.45) is 3.12. The van der Waals surface area contributed by atoms with Crippen LogP contribution in [0.25, 0.3) is 0 Å². The summed E-state index contributed by atoms with van der Waals surface area (Å²) in [4.78, 5) is 10.3. The summed E-state index contributed by atoms with van der Waals surface area (Å²) in [6, 6.07) is 8.27. The Morgan fingerprint density at radius 3 is 3.00 bits per heavy atom. The first-order chi connectivity index (χ1) is 10.2. The smallest absolute Gasteiger partial charge is 0.224 e.